The lowest BCUT2D eigenvalue weighted by Crippen LogP contribution is -2.11. The van der Waals surface area contributed by atoms with E-state index in [0.717, 1.165) is 17.3 Å². The Kier molecular flexibility index (Phi) is 3.42. The number of nitrogens with zero attached hydrogens (tertiary/aromatic N) is 1. The van der Waals surface area contributed by atoms with Crippen LogP contribution in [-0.2, 0) is 6.42 Å². The maximum Gasteiger partial charge on any atom is 0.114 e. The van der Waals surface area contributed by atoms with E-state index in [1.54, 1.807) is 11.3 Å². The lowest BCUT2D eigenvalue weighted by molar-refractivity contribution is 0.843. The molecule has 1 heterocycles. The first-order valence-electron chi connectivity index (χ1n) is 7.00. The van der Waals surface area contributed by atoms with Crippen molar-refractivity contribution < 1.29 is 0 Å². The van der Waals surface area contributed by atoms with Gasteiger partial charge in [-0.15, -0.1) is 11.3 Å². The Labute approximate surface area is 118 Å². The predicted octanol–water partition coefficient (Wildman–Crippen LogP) is 3.94. The summed E-state index contributed by atoms with van der Waals surface area (Å²) in [6.07, 6.45) is 3.67. The quantitative estimate of drug-likeness (QED) is 0.915. The van der Waals surface area contributed by atoms with Crippen molar-refractivity contribution in [1.29, 1.82) is 0 Å². The maximum absolute atomic E-state index is 6.34. The van der Waals surface area contributed by atoms with Crippen LogP contribution in [0.25, 0.3) is 0 Å². The van der Waals surface area contributed by atoms with Gasteiger partial charge in [-0.25, -0.2) is 4.98 Å². The SMILES string of the molecule is CCc1nc(C(N)c2ccc(C3CC3)cc2)sc1C. The number of nitrogens with two attached hydrogens (primary N) is 1. The van der Waals surface area contributed by atoms with Gasteiger partial charge in [-0.3, -0.25) is 0 Å². The molecule has 2 aromatic rings. The van der Waals surface area contributed by atoms with Gasteiger partial charge in [0.25, 0.3) is 0 Å². The van der Waals surface area contributed by atoms with Crippen LogP contribution in [0.15, 0.2) is 24.3 Å². The second-order valence-corrected chi connectivity index (χ2v) is 6.56. The minimum Gasteiger partial charge on any atom is -0.318 e. The lowest BCUT2D eigenvalue weighted by atomic mass is 10.0. The summed E-state index contributed by atoms with van der Waals surface area (Å²) in [7, 11) is 0. The molecule has 1 aromatic carbocycles. The van der Waals surface area contributed by atoms with Crippen molar-refractivity contribution in [2.24, 2.45) is 5.73 Å². The summed E-state index contributed by atoms with van der Waals surface area (Å²) in [5.74, 6) is 0.805. The highest BCUT2D eigenvalue weighted by molar-refractivity contribution is 7.11. The summed E-state index contributed by atoms with van der Waals surface area (Å²) in [4.78, 5) is 5.96. The third-order valence-corrected chi connectivity index (χ3v) is 4.95. The molecule has 1 aliphatic carbocycles. The summed E-state index contributed by atoms with van der Waals surface area (Å²) < 4.78 is 0. The molecule has 0 amide bonds. The first-order valence-corrected chi connectivity index (χ1v) is 7.82. The molecule has 2 N–H and O–H groups in total. The molecule has 3 rings (SSSR count). The second-order valence-electron chi connectivity index (χ2n) is 5.33. The average molecular weight is 272 g/mol. The molecule has 1 aromatic heterocycles. The predicted molar refractivity (Wildman–Crippen MR) is 80.7 cm³/mol. The molecule has 0 saturated heterocycles. The molecule has 1 aliphatic rings. The molecule has 3 heteroatoms. The van der Waals surface area contributed by atoms with Gasteiger partial charge in [-0.1, -0.05) is 31.2 Å². The molecular weight excluding hydrogens is 252 g/mol. The highest BCUT2D eigenvalue weighted by Gasteiger charge is 2.23. The number of aryl methyl sites for hydroxylation is 2. The van der Waals surface area contributed by atoms with E-state index < -0.39 is 0 Å². The molecule has 0 aliphatic heterocycles. The molecule has 1 saturated carbocycles. The molecule has 19 heavy (non-hydrogen) atoms. The summed E-state index contributed by atoms with van der Waals surface area (Å²) in [6.45, 7) is 4.27. The Morgan fingerprint density at radius 2 is 2.00 bits per heavy atom. The molecule has 0 spiro atoms. The zero-order valence-electron chi connectivity index (χ0n) is 11.5. The normalized spacial score (nSPS) is 16.6. The summed E-state index contributed by atoms with van der Waals surface area (Å²) in [5, 5.41) is 1.04. The topological polar surface area (TPSA) is 38.9 Å². The van der Waals surface area contributed by atoms with Crippen molar-refractivity contribution in [3.05, 3.63) is 51.0 Å². The number of hydrogen-bond acceptors (Lipinski definition) is 3. The highest BCUT2D eigenvalue weighted by Crippen LogP contribution is 2.40. The van der Waals surface area contributed by atoms with Crippen LogP contribution in [0.5, 0.6) is 0 Å². The largest absolute Gasteiger partial charge is 0.318 e. The Morgan fingerprint density at radius 1 is 1.32 bits per heavy atom. The van der Waals surface area contributed by atoms with Gasteiger partial charge < -0.3 is 5.73 Å². The molecule has 0 radical (unpaired) electrons. The van der Waals surface area contributed by atoms with Crippen molar-refractivity contribution >= 4 is 11.3 Å². The Morgan fingerprint density at radius 3 is 2.53 bits per heavy atom. The van der Waals surface area contributed by atoms with Crippen LogP contribution in [0.3, 0.4) is 0 Å². The summed E-state index contributed by atoms with van der Waals surface area (Å²) >= 11 is 1.73. The minimum atomic E-state index is -0.0859. The Balaban J connectivity index is 1.83. The van der Waals surface area contributed by atoms with E-state index in [1.165, 1.54) is 34.5 Å². The molecule has 1 fully saturated rings. The van der Waals surface area contributed by atoms with Crippen LogP contribution >= 0.6 is 11.3 Å². The molecule has 1 unspecified atom stereocenters. The van der Waals surface area contributed by atoms with Crippen molar-refractivity contribution in [2.45, 2.75) is 45.1 Å². The first-order chi connectivity index (χ1) is 9.19. The van der Waals surface area contributed by atoms with Gasteiger partial charge in [0, 0.05) is 4.88 Å². The standard InChI is InChI=1S/C16H20N2S/c1-3-14-10(2)19-16(18-14)15(17)13-8-6-12(7-9-13)11-4-5-11/h6-9,11,15H,3-5,17H2,1-2H3. The van der Waals surface area contributed by atoms with Crippen LogP contribution in [-0.4, -0.2) is 4.98 Å². The van der Waals surface area contributed by atoms with Gasteiger partial charge in [0.1, 0.15) is 5.01 Å². The highest BCUT2D eigenvalue weighted by atomic mass is 32.1. The van der Waals surface area contributed by atoms with Crippen molar-refractivity contribution in [1.82, 2.24) is 4.98 Å². The number of aromatic nitrogens is 1. The van der Waals surface area contributed by atoms with Crippen LogP contribution in [0.2, 0.25) is 0 Å². The number of rotatable bonds is 4. The van der Waals surface area contributed by atoms with E-state index in [2.05, 4.69) is 43.1 Å². The van der Waals surface area contributed by atoms with Crippen LogP contribution < -0.4 is 5.73 Å². The number of thiazole rings is 1. The van der Waals surface area contributed by atoms with E-state index in [4.69, 9.17) is 5.73 Å². The fourth-order valence-corrected chi connectivity index (χ4v) is 3.49. The minimum absolute atomic E-state index is 0.0859. The smallest absolute Gasteiger partial charge is 0.114 e. The maximum atomic E-state index is 6.34. The van der Waals surface area contributed by atoms with Crippen molar-refractivity contribution in [3.63, 3.8) is 0 Å². The van der Waals surface area contributed by atoms with Crippen molar-refractivity contribution in [3.8, 4) is 0 Å². The number of hydrogen-bond donors (Lipinski definition) is 1. The fourth-order valence-electron chi connectivity index (χ4n) is 2.45. The zero-order chi connectivity index (χ0) is 13.4. The fraction of sp³-hybridized carbons (Fsp3) is 0.438. The van der Waals surface area contributed by atoms with Crippen LogP contribution in [0.1, 0.15) is 58.4 Å². The summed E-state index contributed by atoms with van der Waals surface area (Å²) in [6, 6.07) is 8.71. The molecule has 0 bridgehead atoms. The van der Waals surface area contributed by atoms with Gasteiger partial charge in [-0.05, 0) is 43.2 Å². The third-order valence-electron chi connectivity index (χ3n) is 3.85. The van der Waals surface area contributed by atoms with E-state index in [-0.39, 0.29) is 6.04 Å². The Bertz CT molecular complexity index is 567. The zero-order valence-corrected chi connectivity index (χ0v) is 12.3. The van der Waals surface area contributed by atoms with Gasteiger partial charge in [0.15, 0.2) is 0 Å². The Hall–Kier alpha value is -1.19. The number of benzene rings is 1. The first kappa shape index (κ1) is 12.8. The monoisotopic (exact) mass is 272 g/mol. The van der Waals surface area contributed by atoms with Gasteiger partial charge in [-0.2, -0.15) is 0 Å². The van der Waals surface area contributed by atoms with Gasteiger partial charge in [0.05, 0.1) is 11.7 Å². The third kappa shape index (κ3) is 2.58. The van der Waals surface area contributed by atoms with Gasteiger partial charge in [0.2, 0.25) is 0 Å². The van der Waals surface area contributed by atoms with E-state index in [0.29, 0.717) is 0 Å². The average Bonchev–Trinajstić information content (AvgIpc) is 3.21. The summed E-state index contributed by atoms with van der Waals surface area (Å²) in [5.41, 5.74) is 10.2. The second kappa shape index (κ2) is 5.06. The van der Waals surface area contributed by atoms with E-state index >= 15 is 0 Å². The molecular formula is C16H20N2S. The molecule has 100 valence electrons. The van der Waals surface area contributed by atoms with Crippen LogP contribution in [0.4, 0.5) is 0 Å². The van der Waals surface area contributed by atoms with E-state index in [1.807, 2.05) is 0 Å². The molecule has 1 atom stereocenters. The van der Waals surface area contributed by atoms with Crippen molar-refractivity contribution in [2.75, 3.05) is 0 Å². The van der Waals surface area contributed by atoms with Crippen LogP contribution in [0, 0.1) is 6.92 Å². The van der Waals surface area contributed by atoms with E-state index in [9.17, 15) is 0 Å². The molecule has 2 nitrogen and oxygen atoms in total. The lowest BCUT2D eigenvalue weighted by Gasteiger charge is -2.09. The van der Waals surface area contributed by atoms with Gasteiger partial charge >= 0.3 is 0 Å².